The number of aliphatic carboxylic acids is 2. The second-order valence-corrected chi connectivity index (χ2v) is 7.13. The number of rotatable bonds is 20. The van der Waals surface area contributed by atoms with Crippen LogP contribution in [0.3, 0.4) is 0 Å². The predicted molar refractivity (Wildman–Crippen MR) is 114 cm³/mol. The molecule has 0 bridgehead atoms. The van der Waals surface area contributed by atoms with Gasteiger partial charge in [0.25, 0.3) is 0 Å². The quantitative estimate of drug-likeness (QED) is 0.192. The maximum absolute atomic E-state index is 11.2. The molecule has 0 aromatic rings. The van der Waals surface area contributed by atoms with Crippen LogP contribution < -0.4 is 0 Å². The van der Waals surface area contributed by atoms with E-state index >= 15 is 0 Å². The van der Waals surface area contributed by atoms with E-state index in [1.54, 1.807) is 0 Å². The molecule has 0 spiro atoms. The Labute approximate surface area is 181 Å². The molecule has 0 fully saturated rings. The summed E-state index contributed by atoms with van der Waals surface area (Å²) in [6.07, 6.45) is 12.1. The first-order valence-corrected chi connectivity index (χ1v) is 11.2. The zero-order valence-electron chi connectivity index (χ0n) is 18.6. The molecular weight excluding hydrogens is 392 g/mol. The van der Waals surface area contributed by atoms with Crippen LogP contribution in [0, 0.1) is 0 Å². The van der Waals surface area contributed by atoms with Crippen molar-refractivity contribution in [3.63, 3.8) is 0 Å². The van der Waals surface area contributed by atoms with E-state index in [0.29, 0.717) is 25.9 Å². The van der Waals surface area contributed by atoms with Crippen molar-refractivity contribution in [1.29, 1.82) is 0 Å². The van der Waals surface area contributed by atoms with Gasteiger partial charge in [-0.1, -0.05) is 58.3 Å². The van der Waals surface area contributed by atoms with Gasteiger partial charge in [0.2, 0.25) is 0 Å². The van der Waals surface area contributed by atoms with Crippen LogP contribution in [0.4, 0.5) is 0 Å². The summed E-state index contributed by atoms with van der Waals surface area (Å²) in [6, 6.07) is 0. The summed E-state index contributed by atoms with van der Waals surface area (Å²) in [4.78, 5) is 31.6. The molecule has 8 nitrogen and oxygen atoms in total. The normalized spacial score (nSPS) is 10.2. The summed E-state index contributed by atoms with van der Waals surface area (Å²) >= 11 is 0. The Morgan fingerprint density at radius 3 is 1.57 bits per heavy atom. The van der Waals surface area contributed by atoms with E-state index in [-0.39, 0.29) is 32.2 Å². The van der Waals surface area contributed by atoms with E-state index in [0.717, 1.165) is 38.5 Å². The van der Waals surface area contributed by atoms with Crippen molar-refractivity contribution in [3.8, 4) is 0 Å². The fourth-order valence-corrected chi connectivity index (χ4v) is 2.59. The second-order valence-electron chi connectivity index (χ2n) is 7.13. The molecule has 0 aromatic heterocycles. The summed E-state index contributed by atoms with van der Waals surface area (Å²) in [6.45, 7) is 2.93. The van der Waals surface area contributed by atoms with Gasteiger partial charge in [-0.2, -0.15) is 0 Å². The van der Waals surface area contributed by atoms with Gasteiger partial charge < -0.3 is 24.8 Å². The molecule has 0 saturated heterocycles. The van der Waals surface area contributed by atoms with E-state index in [1.807, 2.05) is 0 Å². The number of carboxylic acids is 2. The fraction of sp³-hybridized carbons (Fsp3) is 0.864. The molecule has 0 amide bonds. The van der Waals surface area contributed by atoms with Gasteiger partial charge in [0.1, 0.15) is 6.61 Å². The highest BCUT2D eigenvalue weighted by atomic mass is 16.6. The van der Waals surface area contributed by atoms with Crippen LogP contribution in [0.25, 0.3) is 0 Å². The van der Waals surface area contributed by atoms with Crippen LogP contribution in [0.1, 0.15) is 96.8 Å². The van der Waals surface area contributed by atoms with Crippen LogP contribution in [0.15, 0.2) is 0 Å². The average molecular weight is 435 g/mol. The molecule has 0 heterocycles. The molecule has 0 aromatic carbocycles. The molecule has 0 aliphatic rings. The Balaban J connectivity index is 0. The van der Waals surface area contributed by atoms with E-state index < -0.39 is 11.9 Å². The lowest BCUT2D eigenvalue weighted by atomic mass is 10.1. The largest absolute Gasteiger partial charge is 0.481 e. The Hall–Kier alpha value is -1.67. The minimum Gasteiger partial charge on any atom is -0.481 e. The van der Waals surface area contributed by atoms with Crippen LogP contribution in [-0.4, -0.2) is 59.7 Å². The van der Waals surface area contributed by atoms with Gasteiger partial charge in [0.05, 0.1) is 19.8 Å². The average Bonchev–Trinajstić information content (AvgIpc) is 2.70. The highest BCUT2D eigenvalue weighted by Crippen LogP contribution is 2.08. The SMILES string of the molecule is CCCCCCCCC(=O)O.O=C(O)CCCCCCCC(=O)OCCOCCO. The van der Waals surface area contributed by atoms with Gasteiger partial charge in [-0.15, -0.1) is 0 Å². The lowest BCUT2D eigenvalue weighted by Crippen LogP contribution is -2.11. The first-order chi connectivity index (χ1) is 14.4. The lowest BCUT2D eigenvalue weighted by Gasteiger charge is -2.05. The van der Waals surface area contributed by atoms with Crippen molar-refractivity contribution in [2.24, 2.45) is 0 Å². The summed E-state index contributed by atoms with van der Waals surface area (Å²) in [5, 5.41) is 25.2. The smallest absolute Gasteiger partial charge is 0.305 e. The van der Waals surface area contributed by atoms with Crippen LogP contribution in [-0.2, 0) is 23.9 Å². The van der Waals surface area contributed by atoms with Gasteiger partial charge in [-0.05, 0) is 19.3 Å². The van der Waals surface area contributed by atoms with Gasteiger partial charge in [-0.3, -0.25) is 14.4 Å². The third-order valence-electron chi connectivity index (χ3n) is 4.24. The molecule has 0 rings (SSSR count). The number of esters is 1. The number of ether oxygens (including phenoxy) is 2. The van der Waals surface area contributed by atoms with Crippen molar-refractivity contribution in [3.05, 3.63) is 0 Å². The Morgan fingerprint density at radius 2 is 1.10 bits per heavy atom. The minimum atomic E-state index is -0.757. The molecule has 0 saturated carbocycles. The third kappa shape index (κ3) is 31.0. The first kappa shape index (κ1) is 30.5. The van der Waals surface area contributed by atoms with Gasteiger partial charge >= 0.3 is 17.9 Å². The molecule has 8 heteroatoms. The number of aliphatic hydroxyl groups is 1. The number of hydrogen-bond donors (Lipinski definition) is 3. The standard InChI is InChI=1S/C13H24O6.C9H18O2/c14-8-9-18-10-11-19-13(17)7-5-3-1-2-4-6-12(15)16;1-2-3-4-5-6-7-8-9(10)11/h14H,1-11H2,(H,15,16);2-8H2,1H3,(H,10,11). The highest BCUT2D eigenvalue weighted by Gasteiger charge is 2.03. The fourth-order valence-electron chi connectivity index (χ4n) is 2.59. The van der Waals surface area contributed by atoms with Crippen molar-refractivity contribution in [1.82, 2.24) is 0 Å². The van der Waals surface area contributed by atoms with E-state index in [4.69, 9.17) is 24.8 Å². The number of carboxylic acid groups (broad SMARTS) is 2. The van der Waals surface area contributed by atoms with E-state index in [9.17, 15) is 14.4 Å². The molecule has 0 aliphatic carbocycles. The molecular formula is C22H42O8. The molecule has 0 unspecified atom stereocenters. The second kappa shape index (κ2) is 25.4. The van der Waals surface area contributed by atoms with Crippen molar-refractivity contribution >= 4 is 17.9 Å². The molecule has 0 aliphatic heterocycles. The van der Waals surface area contributed by atoms with Crippen LogP contribution >= 0.6 is 0 Å². The summed E-state index contributed by atoms with van der Waals surface area (Å²) in [7, 11) is 0. The Kier molecular flexibility index (Phi) is 25.8. The number of unbranched alkanes of at least 4 members (excludes halogenated alkanes) is 9. The maximum Gasteiger partial charge on any atom is 0.305 e. The minimum absolute atomic E-state index is 0.0319. The zero-order chi connectivity index (χ0) is 22.9. The van der Waals surface area contributed by atoms with E-state index in [2.05, 4.69) is 6.92 Å². The van der Waals surface area contributed by atoms with E-state index in [1.165, 1.54) is 25.7 Å². The summed E-state index contributed by atoms with van der Waals surface area (Å²) < 4.78 is 9.87. The summed E-state index contributed by atoms with van der Waals surface area (Å²) in [5.74, 6) is -1.66. The number of carbonyl (C=O) groups is 3. The zero-order valence-corrected chi connectivity index (χ0v) is 18.6. The van der Waals surface area contributed by atoms with Crippen molar-refractivity contribution in [2.75, 3.05) is 26.4 Å². The topological polar surface area (TPSA) is 130 Å². The lowest BCUT2D eigenvalue weighted by molar-refractivity contribution is -0.145. The molecule has 30 heavy (non-hydrogen) atoms. The maximum atomic E-state index is 11.2. The summed E-state index contributed by atoms with van der Waals surface area (Å²) in [5.41, 5.74) is 0. The van der Waals surface area contributed by atoms with Gasteiger partial charge in [0, 0.05) is 19.3 Å². The number of aliphatic hydroxyl groups excluding tert-OH is 1. The molecule has 0 radical (unpaired) electrons. The first-order valence-electron chi connectivity index (χ1n) is 11.2. The highest BCUT2D eigenvalue weighted by molar-refractivity contribution is 5.69. The molecule has 3 N–H and O–H groups in total. The molecule has 0 atom stereocenters. The predicted octanol–water partition coefficient (Wildman–Crippen LogP) is 4.18. The van der Waals surface area contributed by atoms with Crippen molar-refractivity contribution in [2.45, 2.75) is 96.8 Å². The number of hydrogen-bond acceptors (Lipinski definition) is 6. The van der Waals surface area contributed by atoms with Crippen LogP contribution in [0.2, 0.25) is 0 Å². The monoisotopic (exact) mass is 434 g/mol. The Bertz CT molecular complexity index is 412. The Morgan fingerprint density at radius 1 is 0.633 bits per heavy atom. The molecule has 178 valence electrons. The third-order valence-corrected chi connectivity index (χ3v) is 4.24. The van der Waals surface area contributed by atoms with Crippen molar-refractivity contribution < 1.29 is 39.2 Å². The van der Waals surface area contributed by atoms with Crippen LogP contribution in [0.5, 0.6) is 0 Å². The number of carbonyl (C=O) groups excluding carboxylic acids is 1. The van der Waals surface area contributed by atoms with Gasteiger partial charge in [0.15, 0.2) is 0 Å². The van der Waals surface area contributed by atoms with Gasteiger partial charge in [-0.25, -0.2) is 0 Å².